The normalized spacial score (nSPS) is 17.0. The molecule has 100 valence electrons. The molecule has 1 aliphatic rings. The molecule has 1 rings (SSSR count). The Morgan fingerprint density at radius 2 is 1.88 bits per heavy atom. The van der Waals surface area contributed by atoms with Gasteiger partial charge in [0.1, 0.15) is 6.61 Å². The lowest BCUT2D eigenvalue weighted by atomic mass is 10.1. The third kappa shape index (κ3) is 7.31. The van der Waals surface area contributed by atoms with Gasteiger partial charge in [0.05, 0.1) is 26.2 Å². The monoisotopic (exact) mass is 245 g/mol. The first kappa shape index (κ1) is 14.4. The van der Waals surface area contributed by atoms with Crippen LogP contribution in [0.15, 0.2) is 0 Å². The highest BCUT2D eigenvalue weighted by molar-refractivity contribution is 5.69. The van der Waals surface area contributed by atoms with Crippen molar-refractivity contribution in [3.8, 4) is 0 Å². The summed E-state index contributed by atoms with van der Waals surface area (Å²) in [6, 6.07) is 0. The average molecular weight is 245 g/mol. The third-order valence-electron chi connectivity index (χ3n) is 2.81. The molecule has 0 aromatic heterocycles. The molecule has 0 saturated carbocycles. The number of ether oxygens (including phenoxy) is 2. The molecule has 0 atom stereocenters. The Balaban J connectivity index is 1.93. The van der Waals surface area contributed by atoms with E-state index in [1.807, 2.05) is 0 Å². The van der Waals surface area contributed by atoms with E-state index in [0.717, 1.165) is 19.6 Å². The standard InChI is InChI=1S/C12H23NO4/c14-8-9-16-10-11-17-12(15)4-7-13-5-2-1-3-6-13/h14H,1-11H2. The van der Waals surface area contributed by atoms with Gasteiger partial charge in [-0.1, -0.05) is 6.42 Å². The quantitative estimate of drug-likeness (QED) is 0.496. The Bertz CT molecular complexity index is 205. The van der Waals surface area contributed by atoms with E-state index in [1.54, 1.807) is 0 Å². The number of nitrogens with zero attached hydrogens (tertiary/aromatic N) is 1. The second kappa shape index (κ2) is 9.39. The maximum atomic E-state index is 11.4. The van der Waals surface area contributed by atoms with Crippen LogP contribution in [0.5, 0.6) is 0 Å². The van der Waals surface area contributed by atoms with Crippen LogP contribution < -0.4 is 0 Å². The second-order valence-corrected chi connectivity index (χ2v) is 4.21. The Hall–Kier alpha value is -0.650. The predicted molar refractivity (Wildman–Crippen MR) is 63.8 cm³/mol. The van der Waals surface area contributed by atoms with E-state index in [1.165, 1.54) is 19.3 Å². The molecule has 5 nitrogen and oxygen atoms in total. The van der Waals surface area contributed by atoms with Crippen LogP contribution in [0.4, 0.5) is 0 Å². The van der Waals surface area contributed by atoms with Crippen molar-refractivity contribution < 1.29 is 19.4 Å². The van der Waals surface area contributed by atoms with Gasteiger partial charge in [0.2, 0.25) is 0 Å². The number of carbonyl (C=O) groups excluding carboxylic acids is 1. The molecule has 1 heterocycles. The summed E-state index contributed by atoms with van der Waals surface area (Å²) in [5, 5.41) is 8.46. The van der Waals surface area contributed by atoms with Crippen LogP contribution in [0.25, 0.3) is 0 Å². The van der Waals surface area contributed by atoms with Crippen molar-refractivity contribution in [3.63, 3.8) is 0 Å². The maximum Gasteiger partial charge on any atom is 0.307 e. The van der Waals surface area contributed by atoms with Crippen molar-refractivity contribution in [1.29, 1.82) is 0 Å². The van der Waals surface area contributed by atoms with E-state index < -0.39 is 0 Å². The lowest BCUT2D eigenvalue weighted by molar-refractivity contribution is -0.145. The summed E-state index contributed by atoms with van der Waals surface area (Å²) >= 11 is 0. The highest BCUT2D eigenvalue weighted by atomic mass is 16.6. The van der Waals surface area contributed by atoms with Gasteiger partial charge in [0.15, 0.2) is 0 Å². The largest absolute Gasteiger partial charge is 0.463 e. The topological polar surface area (TPSA) is 59.0 Å². The highest BCUT2D eigenvalue weighted by Crippen LogP contribution is 2.08. The van der Waals surface area contributed by atoms with Crippen LogP contribution in [-0.2, 0) is 14.3 Å². The summed E-state index contributed by atoms with van der Waals surface area (Å²) in [6.07, 6.45) is 4.25. The fourth-order valence-electron chi connectivity index (χ4n) is 1.89. The molecule has 0 bridgehead atoms. The van der Waals surface area contributed by atoms with Gasteiger partial charge in [-0.15, -0.1) is 0 Å². The Kier molecular flexibility index (Phi) is 7.96. The van der Waals surface area contributed by atoms with Gasteiger partial charge >= 0.3 is 5.97 Å². The molecular weight excluding hydrogens is 222 g/mol. The van der Waals surface area contributed by atoms with Crippen LogP contribution in [0.3, 0.4) is 0 Å². The van der Waals surface area contributed by atoms with Crippen LogP contribution in [-0.4, -0.2) is 62.0 Å². The number of hydrogen-bond donors (Lipinski definition) is 1. The molecule has 0 radical (unpaired) electrons. The lowest BCUT2D eigenvalue weighted by Crippen LogP contribution is -2.32. The number of rotatable bonds is 8. The lowest BCUT2D eigenvalue weighted by Gasteiger charge is -2.25. The Labute approximate surface area is 103 Å². The van der Waals surface area contributed by atoms with Gasteiger partial charge in [-0.05, 0) is 25.9 Å². The van der Waals surface area contributed by atoms with E-state index in [2.05, 4.69) is 4.90 Å². The number of aliphatic hydroxyl groups excluding tert-OH is 1. The zero-order valence-corrected chi connectivity index (χ0v) is 10.4. The number of esters is 1. The fraction of sp³-hybridized carbons (Fsp3) is 0.917. The summed E-state index contributed by atoms with van der Waals surface area (Å²) in [7, 11) is 0. The molecule has 1 aliphatic heterocycles. The van der Waals surface area contributed by atoms with Crippen LogP contribution >= 0.6 is 0 Å². The van der Waals surface area contributed by atoms with Crippen molar-refractivity contribution in [2.75, 3.05) is 46.1 Å². The van der Waals surface area contributed by atoms with Gasteiger partial charge in [0, 0.05) is 6.54 Å². The van der Waals surface area contributed by atoms with E-state index in [9.17, 15) is 4.79 Å². The molecule has 0 aromatic rings. The minimum Gasteiger partial charge on any atom is -0.463 e. The van der Waals surface area contributed by atoms with E-state index in [-0.39, 0.29) is 19.2 Å². The number of hydrogen-bond acceptors (Lipinski definition) is 5. The van der Waals surface area contributed by atoms with Gasteiger partial charge in [-0.2, -0.15) is 0 Å². The molecule has 1 N–H and O–H groups in total. The molecular formula is C12H23NO4. The number of aliphatic hydroxyl groups is 1. The van der Waals surface area contributed by atoms with Crippen molar-refractivity contribution in [2.45, 2.75) is 25.7 Å². The van der Waals surface area contributed by atoms with Crippen molar-refractivity contribution in [2.24, 2.45) is 0 Å². The average Bonchev–Trinajstić information content (AvgIpc) is 2.37. The van der Waals surface area contributed by atoms with Gasteiger partial charge < -0.3 is 19.5 Å². The van der Waals surface area contributed by atoms with Gasteiger partial charge in [-0.3, -0.25) is 4.79 Å². The van der Waals surface area contributed by atoms with Crippen molar-refractivity contribution in [3.05, 3.63) is 0 Å². The molecule has 0 unspecified atom stereocenters. The number of piperidine rings is 1. The summed E-state index contributed by atoms with van der Waals surface area (Å²) in [5.41, 5.74) is 0. The highest BCUT2D eigenvalue weighted by Gasteiger charge is 2.11. The van der Waals surface area contributed by atoms with Crippen LogP contribution in [0.1, 0.15) is 25.7 Å². The molecule has 0 amide bonds. The molecule has 0 aromatic carbocycles. The zero-order chi connectivity index (χ0) is 12.3. The van der Waals surface area contributed by atoms with E-state index in [4.69, 9.17) is 14.6 Å². The molecule has 1 saturated heterocycles. The Morgan fingerprint density at radius 3 is 2.59 bits per heavy atom. The SMILES string of the molecule is O=C(CCN1CCCCC1)OCCOCCO. The summed E-state index contributed by atoms with van der Waals surface area (Å²) < 4.78 is 10.00. The first-order valence-corrected chi connectivity index (χ1v) is 6.39. The molecule has 0 spiro atoms. The minimum atomic E-state index is -0.164. The second-order valence-electron chi connectivity index (χ2n) is 4.21. The van der Waals surface area contributed by atoms with Crippen molar-refractivity contribution in [1.82, 2.24) is 4.90 Å². The molecule has 0 aliphatic carbocycles. The first-order valence-electron chi connectivity index (χ1n) is 6.39. The smallest absolute Gasteiger partial charge is 0.307 e. The van der Waals surface area contributed by atoms with E-state index in [0.29, 0.717) is 19.6 Å². The molecule has 1 fully saturated rings. The van der Waals surface area contributed by atoms with Gasteiger partial charge in [-0.25, -0.2) is 0 Å². The fourth-order valence-corrected chi connectivity index (χ4v) is 1.89. The van der Waals surface area contributed by atoms with Crippen LogP contribution in [0.2, 0.25) is 0 Å². The number of carbonyl (C=O) groups is 1. The third-order valence-corrected chi connectivity index (χ3v) is 2.81. The predicted octanol–water partition coefficient (Wildman–Crippen LogP) is 0.414. The van der Waals surface area contributed by atoms with Gasteiger partial charge in [0.25, 0.3) is 0 Å². The van der Waals surface area contributed by atoms with Crippen molar-refractivity contribution >= 4 is 5.97 Å². The minimum absolute atomic E-state index is 0.00288. The summed E-state index contributed by atoms with van der Waals surface area (Å²) in [6.45, 7) is 3.94. The Morgan fingerprint density at radius 1 is 1.12 bits per heavy atom. The van der Waals surface area contributed by atoms with Crippen LogP contribution in [0, 0.1) is 0 Å². The molecule has 5 heteroatoms. The number of likely N-dealkylation sites (tertiary alicyclic amines) is 1. The summed E-state index contributed by atoms with van der Waals surface area (Å²) in [5.74, 6) is -0.164. The molecule has 17 heavy (non-hydrogen) atoms. The van der Waals surface area contributed by atoms with E-state index >= 15 is 0 Å². The maximum absolute atomic E-state index is 11.4. The first-order chi connectivity index (χ1) is 8.33. The zero-order valence-electron chi connectivity index (χ0n) is 10.4. The summed E-state index contributed by atoms with van der Waals surface area (Å²) in [4.78, 5) is 13.7.